The Balaban J connectivity index is 1.83. The zero-order valence-electron chi connectivity index (χ0n) is 28.0. The van der Waals surface area contributed by atoms with Gasteiger partial charge in [-0.1, -0.05) is 51.0 Å². The third kappa shape index (κ3) is 4.70. The maximum absolute atomic E-state index is 15.4. The molecule has 1 aliphatic heterocycles. The summed E-state index contributed by atoms with van der Waals surface area (Å²) in [5.74, 6) is -1.59. The first-order valence-corrected chi connectivity index (χ1v) is 16.2. The van der Waals surface area contributed by atoms with Crippen LogP contribution in [0.25, 0.3) is 0 Å². The summed E-state index contributed by atoms with van der Waals surface area (Å²) in [6, 6.07) is 3.86. The lowest BCUT2D eigenvalue weighted by Gasteiger charge is -2.65. The Hall–Kier alpha value is -3.15. The van der Waals surface area contributed by atoms with Crippen LogP contribution >= 0.6 is 0 Å². The number of ether oxygens (including phenoxy) is 1. The molecule has 44 heavy (non-hydrogen) atoms. The fraction of sp³-hybridized carbons (Fsp3) is 0.605. The number of hydrogen-bond acceptors (Lipinski definition) is 6. The van der Waals surface area contributed by atoms with Crippen LogP contribution in [-0.4, -0.2) is 33.2 Å². The number of benzene rings is 1. The zero-order valence-corrected chi connectivity index (χ0v) is 28.0. The monoisotopic (exact) mass is 602 g/mol. The number of carbonyl (C=O) groups is 3. The van der Waals surface area contributed by atoms with E-state index in [-0.39, 0.29) is 52.1 Å². The second-order valence-electron chi connectivity index (χ2n) is 16.2. The summed E-state index contributed by atoms with van der Waals surface area (Å²) in [5, 5.41) is 20.3. The van der Waals surface area contributed by atoms with Crippen LogP contribution in [0.3, 0.4) is 0 Å². The molecule has 1 heterocycles. The third-order valence-electron chi connectivity index (χ3n) is 11.7. The van der Waals surface area contributed by atoms with Gasteiger partial charge in [-0.05, 0) is 120 Å². The van der Waals surface area contributed by atoms with Crippen LogP contribution in [0, 0.1) is 33.5 Å². The Morgan fingerprint density at radius 2 is 1.61 bits per heavy atom. The molecule has 2 saturated carbocycles. The van der Waals surface area contributed by atoms with E-state index in [1.54, 1.807) is 0 Å². The second kappa shape index (κ2) is 10.5. The van der Waals surface area contributed by atoms with Crippen molar-refractivity contribution in [3.63, 3.8) is 0 Å². The van der Waals surface area contributed by atoms with Crippen molar-refractivity contribution < 1.29 is 29.3 Å². The molecule has 6 nitrogen and oxygen atoms in total. The maximum Gasteiger partial charge on any atom is 0.200 e. The van der Waals surface area contributed by atoms with Crippen molar-refractivity contribution in [1.82, 2.24) is 0 Å². The average Bonchev–Trinajstić information content (AvgIpc) is 2.90. The molecule has 5 atom stereocenters. The molecule has 5 rings (SSSR count). The highest BCUT2D eigenvalue weighted by molar-refractivity contribution is 6.35. The Labute approximate surface area is 262 Å². The maximum atomic E-state index is 15.4. The van der Waals surface area contributed by atoms with Crippen molar-refractivity contribution in [2.75, 3.05) is 0 Å². The SMILES string of the molecule is CC(C)=CC[C@@H]1C[C@]23CC4CCC(C)(C)C[C@@]4(C)OC2=C(C(=O)c2ccc(O)c(O)c2)C(=O)[C@@](CC=C(C)C)(C3=O)C1(C)C. The third-order valence-corrected chi connectivity index (χ3v) is 11.7. The summed E-state index contributed by atoms with van der Waals surface area (Å²) in [6.45, 7) is 18.7. The Kier molecular flexibility index (Phi) is 7.66. The second-order valence-corrected chi connectivity index (χ2v) is 16.2. The van der Waals surface area contributed by atoms with Gasteiger partial charge in [-0.15, -0.1) is 0 Å². The van der Waals surface area contributed by atoms with Gasteiger partial charge in [0.2, 0.25) is 0 Å². The van der Waals surface area contributed by atoms with Crippen molar-refractivity contribution in [2.24, 2.45) is 33.5 Å². The van der Waals surface area contributed by atoms with Crippen LogP contribution in [0.4, 0.5) is 0 Å². The van der Waals surface area contributed by atoms with Gasteiger partial charge in [-0.3, -0.25) is 14.4 Å². The molecule has 4 aliphatic rings. The molecule has 0 radical (unpaired) electrons. The highest BCUT2D eigenvalue weighted by atomic mass is 16.5. The Bertz CT molecular complexity index is 1510. The van der Waals surface area contributed by atoms with E-state index >= 15 is 9.59 Å². The molecule has 1 unspecified atom stereocenters. The molecule has 2 bridgehead atoms. The van der Waals surface area contributed by atoms with E-state index in [1.807, 2.05) is 33.8 Å². The van der Waals surface area contributed by atoms with Crippen LogP contribution in [0.15, 0.2) is 52.8 Å². The number of hydrogen-bond donors (Lipinski definition) is 2. The molecule has 1 aromatic rings. The summed E-state index contributed by atoms with van der Waals surface area (Å²) in [6.07, 6.45) is 8.88. The van der Waals surface area contributed by atoms with Gasteiger partial charge in [-0.2, -0.15) is 0 Å². The van der Waals surface area contributed by atoms with Crippen LogP contribution in [-0.2, 0) is 14.3 Å². The first-order chi connectivity index (χ1) is 20.3. The highest BCUT2D eigenvalue weighted by Gasteiger charge is 2.75. The standard InChI is InChI=1S/C38H50O6/c1-22(2)10-12-25-19-37-20-26-15-16-34(5,6)21-36(26,9)44-32(37)29(30(41)24-11-13-27(39)28(40)18-24)31(42)38(33(37)43,35(25,7)8)17-14-23(3)4/h10-11,13-14,18,25-26,39-40H,12,15-17,19-21H2,1-9H3/t25-,26?,36-,37+,38+/m1/s1. The molecule has 0 aromatic heterocycles. The number of rotatable bonds is 6. The van der Waals surface area contributed by atoms with Gasteiger partial charge in [0.05, 0.1) is 5.41 Å². The molecule has 3 aliphatic carbocycles. The van der Waals surface area contributed by atoms with E-state index in [1.165, 1.54) is 23.8 Å². The quantitative estimate of drug-likeness (QED) is 0.111. The summed E-state index contributed by atoms with van der Waals surface area (Å²) < 4.78 is 7.03. The Morgan fingerprint density at radius 3 is 2.23 bits per heavy atom. The molecule has 0 amide bonds. The van der Waals surface area contributed by atoms with Crippen molar-refractivity contribution in [3.8, 4) is 11.5 Å². The van der Waals surface area contributed by atoms with Gasteiger partial charge in [-0.25, -0.2) is 0 Å². The summed E-state index contributed by atoms with van der Waals surface area (Å²) in [7, 11) is 0. The number of aromatic hydroxyl groups is 2. The molecule has 1 saturated heterocycles. The number of fused-ring (bicyclic) bond motifs is 2. The van der Waals surface area contributed by atoms with E-state index in [9.17, 15) is 15.0 Å². The molecule has 1 aromatic carbocycles. The number of carbonyl (C=O) groups excluding carboxylic acids is 3. The van der Waals surface area contributed by atoms with E-state index < -0.39 is 39.2 Å². The van der Waals surface area contributed by atoms with Crippen LogP contribution < -0.4 is 0 Å². The average molecular weight is 603 g/mol. The van der Waals surface area contributed by atoms with Gasteiger partial charge in [0.15, 0.2) is 28.8 Å². The highest BCUT2D eigenvalue weighted by Crippen LogP contribution is 2.70. The fourth-order valence-corrected chi connectivity index (χ4v) is 9.10. The van der Waals surface area contributed by atoms with Gasteiger partial charge in [0.1, 0.15) is 22.3 Å². The van der Waals surface area contributed by atoms with Gasteiger partial charge in [0, 0.05) is 5.56 Å². The molecule has 238 valence electrons. The topological polar surface area (TPSA) is 101 Å². The van der Waals surface area contributed by atoms with E-state index in [2.05, 4.69) is 40.7 Å². The first kappa shape index (κ1) is 32.2. The number of phenolic OH excluding ortho intramolecular Hbond substituents is 2. The Morgan fingerprint density at radius 1 is 0.955 bits per heavy atom. The summed E-state index contributed by atoms with van der Waals surface area (Å²) >= 11 is 0. The summed E-state index contributed by atoms with van der Waals surface area (Å²) in [4.78, 5) is 45.2. The van der Waals surface area contributed by atoms with Crippen molar-refractivity contribution in [1.29, 1.82) is 0 Å². The predicted molar refractivity (Wildman–Crippen MR) is 171 cm³/mol. The normalized spacial score (nSPS) is 33.5. The molecule has 1 spiro atoms. The van der Waals surface area contributed by atoms with E-state index in [4.69, 9.17) is 4.74 Å². The van der Waals surface area contributed by atoms with Crippen LogP contribution in [0.1, 0.15) is 118 Å². The molecule has 6 heteroatoms. The lowest BCUT2D eigenvalue weighted by atomic mass is 9.38. The predicted octanol–water partition coefficient (Wildman–Crippen LogP) is 8.42. The molecular weight excluding hydrogens is 552 g/mol. The molecule has 3 fully saturated rings. The van der Waals surface area contributed by atoms with Crippen LogP contribution in [0.5, 0.6) is 11.5 Å². The fourth-order valence-electron chi connectivity index (χ4n) is 9.10. The summed E-state index contributed by atoms with van der Waals surface area (Å²) in [5.41, 5.74) is -1.73. The molecular formula is C38H50O6. The first-order valence-electron chi connectivity index (χ1n) is 16.2. The van der Waals surface area contributed by atoms with Crippen molar-refractivity contribution in [3.05, 3.63) is 58.4 Å². The minimum atomic E-state index is -1.46. The van der Waals surface area contributed by atoms with E-state index in [0.717, 1.165) is 31.3 Å². The number of Topliss-reactive ketones (excluding diaryl/α,β-unsaturated/α-hetero) is 3. The van der Waals surface area contributed by atoms with Crippen molar-refractivity contribution in [2.45, 2.75) is 113 Å². The van der Waals surface area contributed by atoms with Crippen LogP contribution in [0.2, 0.25) is 0 Å². The van der Waals surface area contributed by atoms with Crippen molar-refractivity contribution >= 4 is 17.3 Å². The van der Waals surface area contributed by atoms with E-state index in [0.29, 0.717) is 12.8 Å². The largest absolute Gasteiger partial charge is 0.504 e. The number of ketones is 3. The smallest absolute Gasteiger partial charge is 0.200 e. The number of phenols is 2. The van der Waals surface area contributed by atoms with Gasteiger partial charge < -0.3 is 14.9 Å². The zero-order chi connectivity index (χ0) is 32.6. The lowest BCUT2D eigenvalue weighted by molar-refractivity contribution is -0.200. The minimum Gasteiger partial charge on any atom is -0.504 e. The van der Waals surface area contributed by atoms with Gasteiger partial charge in [0.25, 0.3) is 0 Å². The minimum absolute atomic E-state index is 0.00182. The number of allylic oxidation sites excluding steroid dienone is 6. The lowest BCUT2D eigenvalue weighted by Crippen LogP contribution is -2.70. The van der Waals surface area contributed by atoms with Gasteiger partial charge >= 0.3 is 0 Å². The molecule has 2 N–H and O–H groups in total.